The van der Waals surface area contributed by atoms with Gasteiger partial charge in [-0.2, -0.15) is 0 Å². The first-order valence-corrected chi connectivity index (χ1v) is 12.4. The number of halogens is 2. The Kier molecular flexibility index (Phi) is 6.51. The van der Waals surface area contributed by atoms with E-state index in [9.17, 15) is 8.78 Å². The Balaban J connectivity index is 1.25. The van der Waals surface area contributed by atoms with Gasteiger partial charge in [0.25, 0.3) is 0 Å². The van der Waals surface area contributed by atoms with Crippen LogP contribution in [0.25, 0.3) is 39.0 Å². The van der Waals surface area contributed by atoms with Crippen LogP contribution in [0.2, 0.25) is 0 Å². The molecule has 37 heavy (non-hydrogen) atoms. The van der Waals surface area contributed by atoms with Crippen molar-refractivity contribution in [1.29, 1.82) is 0 Å². The number of nitrogens with zero attached hydrogens (tertiary/aromatic N) is 5. The average Bonchev–Trinajstić information content (AvgIpc) is 2.91. The van der Waals surface area contributed by atoms with Gasteiger partial charge in [-0.3, -0.25) is 9.88 Å². The minimum absolute atomic E-state index is 0.0978. The predicted octanol–water partition coefficient (Wildman–Crippen LogP) is 4.80. The number of benzene rings is 1. The lowest BCUT2D eigenvalue weighted by molar-refractivity contribution is -0.459. The number of hydrogen-bond donors (Lipinski definition) is 0. The third-order valence-corrected chi connectivity index (χ3v) is 6.78. The van der Waals surface area contributed by atoms with Gasteiger partial charge in [0.15, 0.2) is 18.1 Å². The van der Waals surface area contributed by atoms with E-state index in [0.29, 0.717) is 11.3 Å². The largest absolute Gasteiger partial charge is 0.379 e. The van der Waals surface area contributed by atoms with Crippen LogP contribution in [0, 0.1) is 11.6 Å². The van der Waals surface area contributed by atoms with Gasteiger partial charge in [-0.25, -0.2) is 23.3 Å². The Morgan fingerprint density at radius 3 is 2.68 bits per heavy atom. The molecule has 8 heteroatoms. The summed E-state index contributed by atoms with van der Waals surface area (Å²) in [5.41, 5.74) is 4.65. The van der Waals surface area contributed by atoms with Crippen molar-refractivity contribution < 1.29 is 18.1 Å². The highest BCUT2D eigenvalue weighted by Gasteiger charge is 2.21. The molecule has 0 radical (unpaired) electrons. The molecular formula is C29H26F2N5O+. The molecule has 0 bridgehead atoms. The molecule has 2 aliphatic rings. The summed E-state index contributed by atoms with van der Waals surface area (Å²) in [5.74, 6) is -1.06. The predicted molar refractivity (Wildman–Crippen MR) is 139 cm³/mol. The molecule has 5 heterocycles. The number of hydrogen-bond acceptors (Lipinski definition) is 5. The molecule has 6 nitrogen and oxygen atoms in total. The van der Waals surface area contributed by atoms with Gasteiger partial charge in [-0.1, -0.05) is 0 Å². The highest BCUT2D eigenvalue weighted by atomic mass is 19.1. The standard InChI is InChI=1S/C29H26F2N5O/c30-23-4-5-27(31)26(14-23)28-15-25(24-3-1-6-33-29(24)34-28)21-13-20(16-32-17-21)22-18-36(19-22)8-2-7-35-9-11-37-12-10-35/h1,3-6,13-19H,2,7-12H2/q+1. The van der Waals surface area contributed by atoms with Crippen molar-refractivity contribution in [2.24, 2.45) is 0 Å². The Hall–Kier alpha value is -3.88. The number of allylic oxidation sites excluding steroid dienone is 1. The van der Waals surface area contributed by atoms with Crippen LogP contribution >= 0.6 is 0 Å². The van der Waals surface area contributed by atoms with Crippen LogP contribution in [0.5, 0.6) is 0 Å². The number of aromatic nitrogens is 3. The molecule has 0 saturated carbocycles. The summed E-state index contributed by atoms with van der Waals surface area (Å²) in [6, 6.07) is 11.0. The van der Waals surface area contributed by atoms with E-state index in [4.69, 9.17) is 4.74 Å². The molecular weight excluding hydrogens is 472 g/mol. The monoisotopic (exact) mass is 498 g/mol. The van der Waals surface area contributed by atoms with E-state index in [-0.39, 0.29) is 5.56 Å². The van der Waals surface area contributed by atoms with Crippen LogP contribution in [0.1, 0.15) is 12.0 Å². The molecule has 1 saturated heterocycles. The van der Waals surface area contributed by atoms with Crippen molar-refractivity contribution in [1.82, 2.24) is 19.9 Å². The van der Waals surface area contributed by atoms with E-state index in [1.54, 1.807) is 18.5 Å². The highest BCUT2D eigenvalue weighted by molar-refractivity contribution is 6.10. The minimum atomic E-state index is -0.537. The molecule has 0 N–H and O–H groups in total. The molecule has 0 aliphatic carbocycles. The summed E-state index contributed by atoms with van der Waals surface area (Å²) >= 11 is 0. The van der Waals surface area contributed by atoms with Crippen molar-refractivity contribution in [3.63, 3.8) is 0 Å². The number of ether oxygens (including phenoxy) is 1. The molecule has 2 aliphatic heterocycles. The molecule has 6 rings (SSSR count). The summed E-state index contributed by atoms with van der Waals surface area (Å²) in [6.07, 6.45) is 10.6. The number of morpholine rings is 1. The van der Waals surface area contributed by atoms with E-state index in [1.165, 1.54) is 0 Å². The van der Waals surface area contributed by atoms with Gasteiger partial charge in [0.05, 0.1) is 18.9 Å². The summed E-state index contributed by atoms with van der Waals surface area (Å²) < 4.78 is 36.1. The summed E-state index contributed by atoms with van der Waals surface area (Å²) in [7, 11) is 0. The maximum absolute atomic E-state index is 14.6. The zero-order chi connectivity index (χ0) is 25.2. The zero-order valence-corrected chi connectivity index (χ0v) is 20.3. The SMILES string of the molecule is Fc1ccc(F)c(-c2cc(-c3cncc(C4=C[N+](CCCN5CCOCC5)=C4)c3)c3cccnc3n2)c1. The fourth-order valence-electron chi connectivity index (χ4n) is 4.80. The first kappa shape index (κ1) is 23.5. The van der Waals surface area contributed by atoms with E-state index in [0.717, 1.165) is 91.7 Å². The molecule has 0 amide bonds. The van der Waals surface area contributed by atoms with Crippen molar-refractivity contribution in [3.05, 3.63) is 84.5 Å². The van der Waals surface area contributed by atoms with Crippen molar-refractivity contribution in [2.75, 3.05) is 39.4 Å². The Morgan fingerprint density at radius 2 is 1.81 bits per heavy atom. The van der Waals surface area contributed by atoms with Crippen LogP contribution in [0.4, 0.5) is 8.78 Å². The molecule has 3 aromatic heterocycles. The third-order valence-electron chi connectivity index (χ3n) is 6.78. The number of rotatable bonds is 7. The quantitative estimate of drug-likeness (QED) is 0.343. The van der Waals surface area contributed by atoms with E-state index in [1.807, 2.05) is 18.3 Å². The first-order valence-electron chi connectivity index (χ1n) is 12.4. The average molecular weight is 499 g/mol. The first-order chi connectivity index (χ1) is 18.1. The molecule has 186 valence electrons. The van der Waals surface area contributed by atoms with Crippen LogP contribution in [-0.4, -0.2) is 70.0 Å². The second kappa shape index (κ2) is 10.2. The summed E-state index contributed by atoms with van der Waals surface area (Å²) in [5, 5.41) is 0.818. The maximum Gasteiger partial charge on any atom is 0.182 e. The lowest BCUT2D eigenvalue weighted by Gasteiger charge is -2.26. The Bertz CT molecular complexity index is 1530. The Labute approximate surface area is 213 Å². The van der Waals surface area contributed by atoms with Crippen LogP contribution < -0.4 is 0 Å². The normalized spacial score (nSPS) is 15.8. The van der Waals surface area contributed by atoms with E-state index in [2.05, 4.69) is 42.9 Å². The van der Waals surface area contributed by atoms with Gasteiger partial charge in [-0.05, 0) is 48.0 Å². The highest BCUT2D eigenvalue weighted by Crippen LogP contribution is 2.33. The van der Waals surface area contributed by atoms with Gasteiger partial charge in [0, 0.05) is 66.7 Å². The lowest BCUT2D eigenvalue weighted by Crippen LogP contribution is -2.37. The second-order valence-electron chi connectivity index (χ2n) is 9.28. The van der Waals surface area contributed by atoms with Gasteiger partial charge in [-0.15, -0.1) is 0 Å². The third kappa shape index (κ3) is 5.03. The Morgan fingerprint density at radius 1 is 0.973 bits per heavy atom. The minimum Gasteiger partial charge on any atom is -0.379 e. The fraction of sp³-hybridized carbons (Fsp3) is 0.241. The molecule has 0 unspecified atom stereocenters. The topological polar surface area (TPSA) is 54.2 Å². The molecule has 4 aromatic rings. The molecule has 1 fully saturated rings. The van der Waals surface area contributed by atoms with Crippen LogP contribution in [-0.2, 0) is 4.74 Å². The van der Waals surface area contributed by atoms with E-state index >= 15 is 0 Å². The van der Waals surface area contributed by atoms with Crippen molar-refractivity contribution >= 4 is 22.8 Å². The second-order valence-corrected chi connectivity index (χ2v) is 9.28. The van der Waals surface area contributed by atoms with Gasteiger partial charge in [0.2, 0.25) is 0 Å². The fourth-order valence-corrected chi connectivity index (χ4v) is 4.80. The van der Waals surface area contributed by atoms with Crippen molar-refractivity contribution in [2.45, 2.75) is 6.42 Å². The lowest BCUT2D eigenvalue weighted by atomic mass is 9.97. The molecule has 1 aromatic carbocycles. The van der Waals surface area contributed by atoms with Crippen molar-refractivity contribution in [3.8, 4) is 22.4 Å². The smallest absolute Gasteiger partial charge is 0.182 e. The number of pyridine rings is 3. The summed E-state index contributed by atoms with van der Waals surface area (Å²) in [4.78, 5) is 15.8. The van der Waals surface area contributed by atoms with Crippen LogP contribution in [0.3, 0.4) is 0 Å². The zero-order valence-electron chi connectivity index (χ0n) is 20.3. The molecule has 0 spiro atoms. The van der Waals surface area contributed by atoms with Crippen LogP contribution in [0.15, 0.2) is 67.3 Å². The number of fused-ring (bicyclic) bond motifs is 1. The van der Waals surface area contributed by atoms with Gasteiger partial charge in [0.1, 0.15) is 23.8 Å². The molecule has 0 atom stereocenters. The van der Waals surface area contributed by atoms with Gasteiger partial charge < -0.3 is 4.74 Å². The maximum atomic E-state index is 14.6. The van der Waals surface area contributed by atoms with Gasteiger partial charge >= 0.3 is 0 Å². The van der Waals surface area contributed by atoms with E-state index < -0.39 is 11.6 Å². The summed E-state index contributed by atoms with van der Waals surface area (Å²) in [6.45, 7) is 5.71.